The zero-order valence-corrected chi connectivity index (χ0v) is 11.4. The third kappa shape index (κ3) is 5.39. The fourth-order valence-electron chi connectivity index (χ4n) is 2.48. The largest absolute Gasteiger partial charge is 0.390 e. The topological polar surface area (TPSA) is 57.9 Å². The van der Waals surface area contributed by atoms with E-state index in [1.165, 1.54) is 0 Å². The van der Waals surface area contributed by atoms with Crippen LogP contribution in [-0.4, -0.2) is 25.6 Å². The van der Waals surface area contributed by atoms with Crippen LogP contribution in [0.4, 0.5) is 13.2 Å². The number of hydrogen-bond acceptors (Lipinski definition) is 3. The first kappa shape index (κ1) is 16.3. The molecule has 0 aromatic rings. The molecule has 1 fully saturated rings. The predicted molar refractivity (Wildman–Crippen MR) is 65.1 cm³/mol. The molecule has 0 aromatic heterocycles. The summed E-state index contributed by atoms with van der Waals surface area (Å²) in [6, 6.07) is 1.72. The van der Waals surface area contributed by atoms with Gasteiger partial charge in [-0.1, -0.05) is 25.7 Å². The summed E-state index contributed by atoms with van der Waals surface area (Å²) < 4.78 is 60.1. The minimum absolute atomic E-state index is 0.314. The van der Waals surface area contributed by atoms with Crippen molar-refractivity contribution in [2.45, 2.75) is 56.4 Å². The van der Waals surface area contributed by atoms with Crippen LogP contribution in [0.15, 0.2) is 0 Å². The van der Waals surface area contributed by atoms with E-state index in [1.54, 1.807) is 6.07 Å². The summed E-state index contributed by atoms with van der Waals surface area (Å²) in [5.74, 6) is -1.30. The Kier molecular flexibility index (Phi) is 5.65. The molecule has 0 spiro atoms. The van der Waals surface area contributed by atoms with Gasteiger partial charge in [-0.15, -0.1) is 0 Å². The first-order valence-electron chi connectivity index (χ1n) is 6.44. The number of rotatable bonds is 4. The van der Waals surface area contributed by atoms with E-state index >= 15 is 0 Å². The number of nitriles is 1. The van der Waals surface area contributed by atoms with Gasteiger partial charge in [-0.2, -0.15) is 18.4 Å². The Balaban J connectivity index is 2.74. The van der Waals surface area contributed by atoms with Crippen molar-refractivity contribution in [1.82, 2.24) is 0 Å². The lowest BCUT2D eigenvalue weighted by molar-refractivity contribution is -0.129. The summed E-state index contributed by atoms with van der Waals surface area (Å²) in [6.07, 6.45) is -0.965. The van der Waals surface area contributed by atoms with E-state index in [9.17, 15) is 21.6 Å². The van der Waals surface area contributed by atoms with Gasteiger partial charge in [0.25, 0.3) is 0 Å². The number of hydrogen-bond donors (Lipinski definition) is 0. The third-order valence-corrected chi connectivity index (χ3v) is 5.55. The quantitative estimate of drug-likeness (QED) is 0.749. The van der Waals surface area contributed by atoms with Gasteiger partial charge >= 0.3 is 6.18 Å². The normalized spacial score (nSPS) is 20.5. The monoisotopic (exact) mass is 297 g/mol. The zero-order chi connectivity index (χ0) is 14.5. The fraction of sp³-hybridized carbons (Fsp3) is 0.917. The van der Waals surface area contributed by atoms with E-state index in [0.717, 1.165) is 25.7 Å². The van der Waals surface area contributed by atoms with Crippen LogP contribution in [0.25, 0.3) is 0 Å². The summed E-state index contributed by atoms with van der Waals surface area (Å²) in [7, 11) is -4.00. The van der Waals surface area contributed by atoms with E-state index in [1.807, 2.05) is 0 Å². The molecule has 0 aliphatic heterocycles. The summed E-state index contributed by atoms with van der Waals surface area (Å²) in [5.41, 5.74) is 0. The minimum Gasteiger partial charge on any atom is -0.227 e. The molecule has 7 heteroatoms. The Morgan fingerprint density at radius 2 is 1.68 bits per heavy atom. The van der Waals surface area contributed by atoms with Gasteiger partial charge < -0.3 is 0 Å². The number of sulfone groups is 1. The Labute approximate surface area is 111 Å². The Morgan fingerprint density at radius 3 is 2.11 bits per heavy atom. The molecule has 3 nitrogen and oxygen atoms in total. The van der Waals surface area contributed by atoms with Gasteiger partial charge in [0.05, 0.1) is 18.2 Å². The highest BCUT2D eigenvalue weighted by Gasteiger charge is 2.37. The molecule has 0 N–H and O–H groups in total. The van der Waals surface area contributed by atoms with E-state index in [2.05, 4.69) is 0 Å². The van der Waals surface area contributed by atoms with Crippen molar-refractivity contribution in [3.63, 3.8) is 0 Å². The summed E-state index contributed by atoms with van der Waals surface area (Å²) >= 11 is 0. The van der Waals surface area contributed by atoms with E-state index < -0.39 is 33.4 Å². The Bertz CT molecular complexity index is 417. The number of nitrogens with zero attached hydrogens (tertiary/aromatic N) is 1. The molecule has 1 saturated carbocycles. The molecule has 0 bridgehead atoms. The van der Waals surface area contributed by atoms with Gasteiger partial charge in [0.2, 0.25) is 0 Å². The molecule has 110 valence electrons. The molecule has 0 heterocycles. The van der Waals surface area contributed by atoms with E-state index in [-0.39, 0.29) is 5.92 Å². The second-order valence-corrected chi connectivity index (χ2v) is 7.28. The molecule has 1 rings (SSSR count). The molecule has 0 radical (unpaired) electrons. The molecule has 0 saturated heterocycles. The van der Waals surface area contributed by atoms with Crippen LogP contribution >= 0.6 is 0 Å². The van der Waals surface area contributed by atoms with Crippen molar-refractivity contribution >= 4 is 9.84 Å². The lowest BCUT2D eigenvalue weighted by atomic mass is 9.97. The summed E-state index contributed by atoms with van der Waals surface area (Å²) in [5, 5.41) is 7.74. The number of halogens is 3. The number of alkyl halides is 3. The molecule has 19 heavy (non-hydrogen) atoms. The Morgan fingerprint density at radius 1 is 1.16 bits per heavy atom. The maximum absolute atomic E-state index is 12.1. The second-order valence-electron chi connectivity index (χ2n) is 5.03. The van der Waals surface area contributed by atoms with Crippen molar-refractivity contribution in [2.75, 3.05) is 5.75 Å². The van der Waals surface area contributed by atoms with Crippen LogP contribution in [0.5, 0.6) is 0 Å². The van der Waals surface area contributed by atoms with Gasteiger partial charge in [-0.25, -0.2) is 8.42 Å². The van der Waals surface area contributed by atoms with Gasteiger partial charge in [0, 0.05) is 0 Å². The fourth-order valence-corrected chi connectivity index (χ4v) is 4.27. The standard InChI is InChI=1S/C12H18F3NO2S/c13-12(14,15)7-8-19(17,18)11(9-16)10-5-3-1-2-4-6-10/h10-11H,1-8H2. The van der Waals surface area contributed by atoms with Gasteiger partial charge in [0.1, 0.15) is 0 Å². The molecular formula is C12H18F3NO2S. The van der Waals surface area contributed by atoms with E-state index in [0.29, 0.717) is 12.8 Å². The van der Waals surface area contributed by atoms with Crippen molar-refractivity contribution in [2.24, 2.45) is 5.92 Å². The van der Waals surface area contributed by atoms with Crippen LogP contribution in [0.2, 0.25) is 0 Å². The third-order valence-electron chi connectivity index (χ3n) is 3.51. The smallest absolute Gasteiger partial charge is 0.227 e. The lowest BCUT2D eigenvalue weighted by Crippen LogP contribution is -2.32. The van der Waals surface area contributed by atoms with Crippen LogP contribution in [0.3, 0.4) is 0 Å². The summed E-state index contributed by atoms with van der Waals surface area (Å²) in [6.45, 7) is 0. The molecule has 1 unspecified atom stereocenters. The highest BCUT2D eigenvalue weighted by atomic mass is 32.2. The maximum Gasteiger partial charge on any atom is 0.390 e. The molecule has 1 aliphatic rings. The molecule has 1 aliphatic carbocycles. The van der Waals surface area contributed by atoms with Crippen molar-refractivity contribution < 1.29 is 21.6 Å². The van der Waals surface area contributed by atoms with Crippen molar-refractivity contribution in [3.05, 3.63) is 0 Å². The van der Waals surface area contributed by atoms with Gasteiger partial charge in [0.15, 0.2) is 15.1 Å². The molecule has 0 amide bonds. The first-order valence-corrected chi connectivity index (χ1v) is 8.16. The average Bonchev–Trinajstić information content (AvgIpc) is 2.55. The predicted octanol–water partition coefficient (Wildman–Crippen LogP) is 3.22. The highest BCUT2D eigenvalue weighted by Crippen LogP contribution is 2.30. The van der Waals surface area contributed by atoms with E-state index in [4.69, 9.17) is 5.26 Å². The highest BCUT2D eigenvalue weighted by molar-refractivity contribution is 7.92. The van der Waals surface area contributed by atoms with Crippen LogP contribution in [0.1, 0.15) is 44.9 Å². The second kappa shape index (κ2) is 6.60. The molecule has 1 atom stereocenters. The lowest BCUT2D eigenvalue weighted by Gasteiger charge is -2.20. The first-order chi connectivity index (χ1) is 8.76. The molecule has 0 aromatic carbocycles. The van der Waals surface area contributed by atoms with Crippen molar-refractivity contribution in [3.8, 4) is 6.07 Å². The van der Waals surface area contributed by atoms with Gasteiger partial charge in [-0.05, 0) is 18.8 Å². The van der Waals surface area contributed by atoms with Crippen molar-refractivity contribution in [1.29, 1.82) is 5.26 Å². The van der Waals surface area contributed by atoms with Crippen LogP contribution in [0, 0.1) is 17.2 Å². The summed E-state index contributed by atoms with van der Waals surface area (Å²) in [4.78, 5) is 0. The zero-order valence-electron chi connectivity index (χ0n) is 10.6. The molecular weight excluding hydrogens is 279 g/mol. The maximum atomic E-state index is 12.1. The average molecular weight is 297 g/mol. The van der Waals surface area contributed by atoms with Crippen LogP contribution < -0.4 is 0 Å². The Hall–Kier alpha value is -0.770. The van der Waals surface area contributed by atoms with Crippen LogP contribution in [-0.2, 0) is 9.84 Å². The SMILES string of the molecule is N#CC(C1CCCCCC1)S(=O)(=O)CCC(F)(F)F. The van der Waals surface area contributed by atoms with Gasteiger partial charge in [-0.3, -0.25) is 0 Å². The minimum atomic E-state index is -4.50.